The van der Waals surface area contributed by atoms with Crippen LogP contribution in [0.2, 0.25) is 10.2 Å². The van der Waals surface area contributed by atoms with Crippen LogP contribution in [-0.4, -0.2) is 16.0 Å². The fourth-order valence-electron chi connectivity index (χ4n) is 3.22. The molecule has 1 aliphatic rings. The molecule has 0 aromatic carbocycles. The molecular formula is C25H22Cl2N4S2. The first kappa shape index (κ1) is 23.7. The predicted molar refractivity (Wildman–Crippen MR) is 142 cm³/mol. The van der Waals surface area contributed by atoms with Gasteiger partial charge < -0.3 is 11.1 Å². The molecular weight excluding hydrogens is 491 g/mol. The molecule has 8 heteroatoms. The van der Waals surface area contributed by atoms with E-state index in [9.17, 15) is 0 Å². The van der Waals surface area contributed by atoms with Crippen molar-refractivity contribution in [1.29, 1.82) is 0 Å². The number of anilines is 1. The second kappa shape index (κ2) is 11.6. The van der Waals surface area contributed by atoms with Crippen LogP contribution in [0.3, 0.4) is 0 Å². The van der Waals surface area contributed by atoms with Gasteiger partial charge in [0.15, 0.2) is 0 Å². The molecule has 4 heterocycles. The Balaban J connectivity index is 0.000000318. The first-order valence-electron chi connectivity index (χ1n) is 10.5. The number of allylic oxidation sites excluding steroid dienone is 1. The molecule has 5 rings (SSSR count). The van der Waals surface area contributed by atoms with Crippen LogP contribution in [0.4, 0.5) is 5.69 Å². The summed E-state index contributed by atoms with van der Waals surface area (Å²) in [5.41, 5.74) is 8.92. The molecule has 1 atom stereocenters. The Bertz CT molecular complexity index is 1300. The summed E-state index contributed by atoms with van der Waals surface area (Å²) in [6, 6.07) is 8.23. The Morgan fingerprint density at radius 2 is 2.03 bits per heavy atom. The highest BCUT2D eigenvalue weighted by atomic mass is 35.5. The molecule has 0 fully saturated rings. The molecule has 33 heavy (non-hydrogen) atoms. The maximum absolute atomic E-state index is 6.23. The van der Waals surface area contributed by atoms with Crippen LogP contribution in [-0.2, 0) is 6.54 Å². The SMILES string of the molecule is Clc1cc(NCc2cccs2)c2scc(C#Cc3ccncc3Cl)c2n1.NC1CC=CCC1. The number of aromatic nitrogens is 2. The van der Waals surface area contributed by atoms with Crippen molar-refractivity contribution in [2.45, 2.75) is 31.8 Å². The lowest BCUT2D eigenvalue weighted by Gasteiger charge is -2.09. The summed E-state index contributed by atoms with van der Waals surface area (Å²) < 4.78 is 1.04. The van der Waals surface area contributed by atoms with E-state index < -0.39 is 0 Å². The Hall–Kier alpha value is -2.40. The molecule has 3 N–H and O–H groups in total. The van der Waals surface area contributed by atoms with E-state index in [1.54, 1.807) is 41.1 Å². The number of nitrogens with zero attached hydrogens (tertiary/aromatic N) is 2. The highest BCUT2D eigenvalue weighted by Crippen LogP contribution is 2.33. The summed E-state index contributed by atoms with van der Waals surface area (Å²) in [5.74, 6) is 6.23. The zero-order valence-electron chi connectivity index (χ0n) is 17.7. The number of pyridine rings is 2. The van der Waals surface area contributed by atoms with Crippen LogP contribution in [0.25, 0.3) is 10.2 Å². The van der Waals surface area contributed by atoms with Crippen molar-refractivity contribution in [1.82, 2.24) is 9.97 Å². The van der Waals surface area contributed by atoms with Crippen LogP contribution in [0.15, 0.2) is 59.6 Å². The maximum atomic E-state index is 6.23. The van der Waals surface area contributed by atoms with E-state index in [1.165, 1.54) is 17.7 Å². The molecule has 0 spiro atoms. The van der Waals surface area contributed by atoms with Gasteiger partial charge in [-0.15, -0.1) is 22.7 Å². The number of halogens is 2. The average molecular weight is 514 g/mol. The molecule has 0 saturated heterocycles. The number of hydrogen-bond donors (Lipinski definition) is 2. The average Bonchev–Trinajstić information content (AvgIpc) is 3.48. The standard InChI is InChI=1S/C19H11Cl2N3S2.C6H11N/c20-15-10-22-6-5-12(15)3-4-13-11-26-19-16(8-17(21)24-18(13)19)23-9-14-2-1-7-25-14;7-6-4-2-1-3-5-6/h1-2,5-8,10-11H,9H2,(H,23,24);1-2,6H,3-5,7H2. The largest absolute Gasteiger partial charge is 0.379 e. The summed E-state index contributed by atoms with van der Waals surface area (Å²) in [6.45, 7) is 0.749. The number of nitrogens with two attached hydrogens (primary N) is 1. The van der Waals surface area contributed by atoms with Crippen molar-refractivity contribution in [3.8, 4) is 11.8 Å². The number of rotatable bonds is 3. The number of fused-ring (bicyclic) bond motifs is 1. The summed E-state index contributed by atoms with van der Waals surface area (Å²) in [4.78, 5) is 9.70. The Morgan fingerprint density at radius 3 is 2.73 bits per heavy atom. The predicted octanol–water partition coefficient (Wildman–Crippen LogP) is 7.13. The van der Waals surface area contributed by atoms with Crippen molar-refractivity contribution in [3.63, 3.8) is 0 Å². The molecule has 0 aliphatic heterocycles. The Morgan fingerprint density at radius 1 is 1.15 bits per heavy atom. The summed E-state index contributed by atoms with van der Waals surface area (Å²) in [5, 5.41) is 8.47. The Kier molecular flexibility index (Phi) is 8.38. The van der Waals surface area contributed by atoms with E-state index in [1.807, 2.05) is 17.5 Å². The molecule has 1 unspecified atom stereocenters. The van der Waals surface area contributed by atoms with E-state index in [-0.39, 0.29) is 0 Å². The van der Waals surface area contributed by atoms with Gasteiger partial charge >= 0.3 is 0 Å². The van der Waals surface area contributed by atoms with Crippen molar-refractivity contribution in [2.24, 2.45) is 5.73 Å². The van der Waals surface area contributed by atoms with Crippen LogP contribution in [0.1, 0.15) is 35.3 Å². The quantitative estimate of drug-likeness (QED) is 0.174. The number of thiophene rings is 2. The van der Waals surface area contributed by atoms with E-state index in [0.717, 1.165) is 40.0 Å². The zero-order valence-corrected chi connectivity index (χ0v) is 20.9. The number of hydrogen-bond acceptors (Lipinski definition) is 6. The molecule has 0 radical (unpaired) electrons. The smallest absolute Gasteiger partial charge is 0.131 e. The molecule has 4 aromatic rings. The molecule has 4 aromatic heterocycles. The normalized spacial score (nSPS) is 14.8. The van der Waals surface area contributed by atoms with Crippen molar-refractivity contribution >= 4 is 61.8 Å². The third kappa shape index (κ3) is 6.57. The fourth-order valence-corrected chi connectivity index (χ4v) is 5.16. The van der Waals surface area contributed by atoms with Gasteiger partial charge in [0.1, 0.15) is 10.7 Å². The first-order valence-corrected chi connectivity index (χ1v) is 13.0. The second-order valence-corrected chi connectivity index (χ2v) is 10.1. The van der Waals surface area contributed by atoms with Gasteiger partial charge in [0, 0.05) is 46.9 Å². The molecule has 0 saturated carbocycles. The van der Waals surface area contributed by atoms with Gasteiger partial charge in [-0.05, 0) is 36.8 Å². The summed E-state index contributed by atoms with van der Waals surface area (Å²) >= 11 is 15.7. The molecule has 168 valence electrons. The lowest BCUT2D eigenvalue weighted by molar-refractivity contribution is 0.606. The minimum atomic E-state index is 0.439. The van der Waals surface area contributed by atoms with E-state index in [0.29, 0.717) is 16.2 Å². The Labute approximate surface area is 211 Å². The lowest BCUT2D eigenvalue weighted by Crippen LogP contribution is -2.19. The van der Waals surface area contributed by atoms with Crippen LogP contribution in [0.5, 0.6) is 0 Å². The molecule has 0 amide bonds. The van der Waals surface area contributed by atoms with Crippen molar-refractivity contribution in [3.05, 3.63) is 85.8 Å². The molecule has 4 nitrogen and oxygen atoms in total. The summed E-state index contributed by atoms with van der Waals surface area (Å²) in [7, 11) is 0. The topological polar surface area (TPSA) is 63.8 Å². The molecule has 0 bridgehead atoms. The van der Waals surface area contributed by atoms with Gasteiger partial charge in [-0.1, -0.05) is 53.3 Å². The zero-order chi connectivity index (χ0) is 23.0. The van der Waals surface area contributed by atoms with Crippen molar-refractivity contribution < 1.29 is 0 Å². The second-order valence-electron chi connectivity index (χ2n) is 7.40. The third-order valence-electron chi connectivity index (χ3n) is 4.94. The van der Waals surface area contributed by atoms with Crippen LogP contribution >= 0.6 is 45.9 Å². The first-order chi connectivity index (χ1) is 16.1. The van der Waals surface area contributed by atoms with Crippen LogP contribution in [0, 0.1) is 11.8 Å². The number of nitrogens with one attached hydrogen (secondary N) is 1. The van der Waals surface area contributed by atoms with Gasteiger partial charge in [0.2, 0.25) is 0 Å². The van der Waals surface area contributed by atoms with Gasteiger partial charge in [-0.3, -0.25) is 4.98 Å². The molecule has 1 aliphatic carbocycles. The highest BCUT2D eigenvalue weighted by molar-refractivity contribution is 7.18. The lowest BCUT2D eigenvalue weighted by atomic mass is 10.0. The fraction of sp³-hybridized carbons (Fsp3) is 0.200. The minimum absolute atomic E-state index is 0.439. The van der Waals surface area contributed by atoms with Gasteiger partial charge in [-0.25, -0.2) is 4.98 Å². The van der Waals surface area contributed by atoms with Crippen molar-refractivity contribution in [2.75, 3.05) is 5.32 Å². The minimum Gasteiger partial charge on any atom is -0.379 e. The maximum Gasteiger partial charge on any atom is 0.131 e. The van der Waals surface area contributed by atoms with Gasteiger partial charge in [0.05, 0.1) is 21.0 Å². The van der Waals surface area contributed by atoms with E-state index >= 15 is 0 Å². The van der Waals surface area contributed by atoms with Crippen LogP contribution < -0.4 is 11.1 Å². The third-order valence-corrected chi connectivity index (χ3v) is 7.31. The van der Waals surface area contributed by atoms with E-state index in [2.05, 4.69) is 50.7 Å². The van der Waals surface area contributed by atoms with Gasteiger partial charge in [-0.2, -0.15) is 0 Å². The summed E-state index contributed by atoms with van der Waals surface area (Å²) in [6.07, 6.45) is 11.1. The van der Waals surface area contributed by atoms with Gasteiger partial charge in [0.25, 0.3) is 0 Å². The highest BCUT2D eigenvalue weighted by Gasteiger charge is 2.11. The van der Waals surface area contributed by atoms with E-state index in [4.69, 9.17) is 28.9 Å². The monoisotopic (exact) mass is 512 g/mol.